The van der Waals surface area contributed by atoms with Gasteiger partial charge in [0.25, 0.3) is 0 Å². The van der Waals surface area contributed by atoms with Crippen LogP contribution in [-0.4, -0.2) is 67.4 Å². The highest BCUT2D eigenvalue weighted by molar-refractivity contribution is 5.82. The van der Waals surface area contributed by atoms with Gasteiger partial charge in [0.1, 0.15) is 6.54 Å². The highest BCUT2D eigenvalue weighted by Gasteiger charge is 2.29. The Hall–Kier alpha value is -2.52. The number of ether oxygens (including phenoxy) is 1. The molecule has 2 amide bonds. The van der Waals surface area contributed by atoms with E-state index in [-0.39, 0.29) is 5.91 Å². The number of hydrogen-bond donors (Lipinski definition) is 1. The average molecular weight is 346 g/mol. The van der Waals surface area contributed by atoms with Crippen LogP contribution >= 0.6 is 0 Å². The Morgan fingerprint density at radius 1 is 1.17 bits per heavy atom. The fourth-order valence-electron chi connectivity index (χ4n) is 2.23. The van der Waals surface area contributed by atoms with Gasteiger partial charge in [0.15, 0.2) is 6.61 Å². The maximum atomic E-state index is 12.0. The van der Waals surface area contributed by atoms with Gasteiger partial charge >= 0.3 is 12.3 Å². The van der Waals surface area contributed by atoms with Crippen molar-refractivity contribution in [2.45, 2.75) is 6.18 Å². The van der Waals surface area contributed by atoms with Gasteiger partial charge in [-0.25, -0.2) is 4.79 Å². The molecule has 0 aliphatic carbocycles. The lowest BCUT2D eigenvalue weighted by Crippen LogP contribution is -2.51. The normalized spacial score (nSPS) is 15.1. The van der Waals surface area contributed by atoms with Crippen LogP contribution in [0.15, 0.2) is 24.5 Å². The fraction of sp³-hybridized carbons (Fsp3) is 0.500. The Bertz CT molecular complexity index is 560. The van der Waals surface area contributed by atoms with E-state index in [9.17, 15) is 22.8 Å². The SMILES string of the molecule is O=C(NCC(=O)N1CCN(c2ccncc2)CC1)OCC(F)(F)F. The minimum absolute atomic E-state index is 0.367. The van der Waals surface area contributed by atoms with Crippen molar-refractivity contribution in [1.29, 1.82) is 0 Å². The Morgan fingerprint density at radius 2 is 1.79 bits per heavy atom. The number of nitrogens with zero attached hydrogens (tertiary/aromatic N) is 3. The van der Waals surface area contributed by atoms with E-state index < -0.39 is 25.4 Å². The van der Waals surface area contributed by atoms with Crippen molar-refractivity contribution in [1.82, 2.24) is 15.2 Å². The molecule has 24 heavy (non-hydrogen) atoms. The molecule has 2 heterocycles. The van der Waals surface area contributed by atoms with E-state index >= 15 is 0 Å². The summed E-state index contributed by atoms with van der Waals surface area (Å²) in [4.78, 5) is 30.6. The van der Waals surface area contributed by atoms with E-state index in [2.05, 4.69) is 14.6 Å². The fourth-order valence-corrected chi connectivity index (χ4v) is 2.23. The molecule has 1 N–H and O–H groups in total. The lowest BCUT2D eigenvalue weighted by Gasteiger charge is -2.36. The van der Waals surface area contributed by atoms with Gasteiger partial charge in [-0.2, -0.15) is 13.2 Å². The number of carbonyl (C=O) groups is 2. The lowest BCUT2D eigenvalue weighted by atomic mass is 10.2. The summed E-state index contributed by atoms with van der Waals surface area (Å²) in [6, 6.07) is 3.74. The molecule has 1 aliphatic heterocycles. The third kappa shape index (κ3) is 5.60. The summed E-state index contributed by atoms with van der Waals surface area (Å²) < 4.78 is 39.6. The zero-order chi connectivity index (χ0) is 17.6. The molecule has 1 aromatic heterocycles. The lowest BCUT2D eigenvalue weighted by molar-refractivity contribution is -0.160. The van der Waals surface area contributed by atoms with E-state index in [0.29, 0.717) is 26.2 Å². The van der Waals surface area contributed by atoms with Crippen molar-refractivity contribution in [2.75, 3.05) is 44.2 Å². The number of hydrogen-bond acceptors (Lipinski definition) is 5. The first kappa shape index (κ1) is 17.8. The molecule has 0 unspecified atom stereocenters. The van der Waals surface area contributed by atoms with Crippen LogP contribution < -0.4 is 10.2 Å². The predicted octanol–water partition coefficient (Wildman–Crippen LogP) is 1.02. The summed E-state index contributed by atoms with van der Waals surface area (Å²) in [5, 5.41) is 2.02. The van der Waals surface area contributed by atoms with Gasteiger partial charge in [-0.1, -0.05) is 0 Å². The quantitative estimate of drug-likeness (QED) is 0.881. The summed E-state index contributed by atoms with van der Waals surface area (Å²) in [7, 11) is 0. The molecule has 0 aromatic carbocycles. The van der Waals surface area contributed by atoms with Crippen molar-refractivity contribution >= 4 is 17.7 Å². The molecule has 132 valence electrons. The Balaban J connectivity index is 1.70. The molecular weight excluding hydrogens is 329 g/mol. The monoisotopic (exact) mass is 346 g/mol. The van der Waals surface area contributed by atoms with Crippen LogP contribution in [0.1, 0.15) is 0 Å². The molecule has 10 heteroatoms. The highest BCUT2D eigenvalue weighted by Crippen LogP contribution is 2.15. The molecule has 1 saturated heterocycles. The molecule has 1 fully saturated rings. The first-order valence-corrected chi connectivity index (χ1v) is 7.25. The third-order valence-electron chi connectivity index (χ3n) is 3.41. The second kappa shape index (κ2) is 7.84. The van der Waals surface area contributed by atoms with Crippen molar-refractivity contribution in [3.05, 3.63) is 24.5 Å². The minimum Gasteiger partial charge on any atom is -0.440 e. The number of anilines is 1. The summed E-state index contributed by atoms with van der Waals surface area (Å²) in [5.41, 5.74) is 1.01. The van der Waals surface area contributed by atoms with Gasteiger partial charge in [-0.3, -0.25) is 9.78 Å². The van der Waals surface area contributed by atoms with Gasteiger partial charge in [-0.05, 0) is 12.1 Å². The summed E-state index contributed by atoms with van der Waals surface area (Å²) in [6.07, 6.45) is -2.49. The number of pyridine rings is 1. The highest BCUT2D eigenvalue weighted by atomic mass is 19.4. The zero-order valence-electron chi connectivity index (χ0n) is 12.8. The first-order valence-electron chi connectivity index (χ1n) is 7.25. The summed E-state index contributed by atoms with van der Waals surface area (Å²) in [6.45, 7) is 0.0764. The Labute approximate surface area is 136 Å². The van der Waals surface area contributed by atoms with Gasteiger partial charge < -0.3 is 19.9 Å². The Kier molecular flexibility index (Phi) is 5.83. The van der Waals surface area contributed by atoms with E-state index in [1.54, 1.807) is 17.3 Å². The smallest absolute Gasteiger partial charge is 0.422 e. The molecule has 2 rings (SSSR count). The van der Waals surface area contributed by atoms with Crippen LogP contribution in [0.4, 0.5) is 23.7 Å². The minimum atomic E-state index is -4.59. The van der Waals surface area contributed by atoms with E-state index in [0.717, 1.165) is 5.69 Å². The van der Waals surface area contributed by atoms with Crippen LogP contribution in [0, 0.1) is 0 Å². The van der Waals surface area contributed by atoms with Crippen molar-refractivity contribution in [3.8, 4) is 0 Å². The van der Waals surface area contributed by atoms with Gasteiger partial charge in [-0.15, -0.1) is 0 Å². The number of alkyl carbamates (subject to hydrolysis) is 1. The first-order chi connectivity index (χ1) is 11.3. The number of amides is 2. The van der Waals surface area contributed by atoms with E-state index in [1.165, 1.54) is 0 Å². The van der Waals surface area contributed by atoms with Crippen LogP contribution in [0.2, 0.25) is 0 Å². The molecule has 1 aliphatic rings. The van der Waals surface area contributed by atoms with Crippen molar-refractivity contribution in [2.24, 2.45) is 0 Å². The maximum absolute atomic E-state index is 12.0. The van der Waals surface area contributed by atoms with Crippen molar-refractivity contribution < 1.29 is 27.5 Å². The molecular formula is C14H17F3N4O3. The van der Waals surface area contributed by atoms with Crippen LogP contribution in [0.5, 0.6) is 0 Å². The summed E-state index contributed by atoms with van der Waals surface area (Å²) in [5.74, 6) is -0.367. The van der Waals surface area contributed by atoms with Crippen LogP contribution in [-0.2, 0) is 9.53 Å². The predicted molar refractivity (Wildman–Crippen MR) is 78.4 cm³/mol. The number of alkyl halides is 3. The molecule has 0 bridgehead atoms. The summed E-state index contributed by atoms with van der Waals surface area (Å²) >= 11 is 0. The number of aromatic nitrogens is 1. The molecule has 7 nitrogen and oxygen atoms in total. The largest absolute Gasteiger partial charge is 0.440 e. The van der Waals surface area contributed by atoms with Gasteiger partial charge in [0, 0.05) is 44.3 Å². The second-order valence-corrected chi connectivity index (χ2v) is 5.12. The number of piperazine rings is 1. The van der Waals surface area contributed by atoms with Crippen LogP contribution in [0.25, 0.3) is 0 Å². The third-order valence-corrected chi connectivity index (χ3v) is 3.41. The molecule has 1 aromatic rings. The van der Waals surface area contributed by atoms with Crippen LogP contribution in [0.3, 0.4) is 0 Å². The molecule has 0 radical (unpaired) electrons. The van der Waals surface area contributed by atoms with Crippen molar-refractivity contribution in [3.63, 3.8) is 0 Å². The average Bonchev–Trinajstić information content (AvgIpc) is 2.58. The van der Waals surface area contributed by atoms with E-state index in [4.69, 9.17) is 0 Å². The number of rotatable bonds is 4. The Morgan fingerprint density at radius 3 is 2.38 bits per heavy atom. The molecule has 0 atom stereocenters. The van der Waals surface area contributed by atoms with Gasteiger partial charge in [0.2, 0.25) is 5.91 Å². The van der Waals surface area contributed by atoms with Gasteiger partial charge in [0.05, 0.1) is 0 Å². The number of nitrogens with one attached hydrogen (secondary N) is 1. The maximum Gasteiger partial charge on any atom is 0.422 e. The number of carbonyl (C=O) groups excluding carboxylic acids is 2. The zero-order valence-corrected chi connectivity index (χ0v) is 12.8. The topological polar surface area (TPSA) is 74.8 Å². The molecule has 0 saturated carbocycles. The molecule has 0 spiro atoms. The second-order valence-electron chi connectivity index (χ2n) is 5.12. The van der Waals surface area contributed by atoms with E-state index in [1.807, 2.05) is 17.4 Å². The number of halogens is 3. The standard InChI is InChI=1S/C14H17F3N4O3/c15-14(16,17)10-24-13(23)19-9-12(22)21-7-5-20(6-8-21)11-1-3-18-4-2-11/h1-4H,5-10H2,(H,19,23).